The van der Waals surface area contributed by atoms with E-state index in [1.165, 1.54) is 0 Å². The summed E-state index contributed by atoms with van der Waals surface area (Å²) in [7, 11) is 0. The van der Waals surface area contributed by atoms with Crippen LogP contribution in [0.4, 0.5) is 0 Å². The largest absolute Gasteiger partial charge is 0.480 e. The van der Waals surface area contributed by atoms with Crippen LogP contribution >= 0.6 is 0 Å². The van der Waals surface area contributed by atoms with E-state index in [1.54, 1.807) is 14.7 Å². The number of carboxylic acids is 3. The van der Waals surface area contributed by atoms with Crippen LogP contribution in [0.5, 0.6) is 0 Å². The number of amides is 1. The van der Waals surface area contributed by atoms with E-state index in [0.29, 0.717) is 91.9 Å². The highest BCUT2D eigenvalue weighted by molar-refractivity contribution is 5.78. The first kappa shape index (κ1) is 32.6. The van der Waals surface area contributed by atoms with Gasteiger partial charge in [-0.3, -0.25) is 38.8 Å². The van der Waals surface area contributed by atoms with Crippen LogP contribution in [0.25, 0.3) is 0 Å². The fourth-order valence-electron chi connectivity index (χ4n) is 3.71. The zero-order valence-electron chi connectivity index (χ0n) is 21.4. The summed E-state index contributed by atoms with van der Waals surface area (Å²) in [4.78, 5) is 53.4. The molecule has 6 N–H and O–H groups in total. The minimum atomic E-state index is -1.01. The van der Waals surface area contributed by atoms with Crippen LogP contribution in [0.2, 0.25) is 0 Å². The molecule has 0 atom stereocenters. The second-order valence-corrected chi connectivity index (χ2v) is 8.65. The molecule has 1 aliphatic rings. The molecule has 0 saturated carbocycles. The zero-order chi connectivity index (χ0) is 27.5. The average Bonchev–Trinajstić information content (AvgIpc) is 2.81. The lowest BCUT2D eigenvalue weighted by Gasteiger charge is -2.32. The highest BCUT2D eigenvalue weighted by Gasteiger charge is 2.21. The van der Waals surface area contributed by atoms with E-state index in [-0.39, 0.29) is 32.1 Å². The fourth-order valence-corrected chi connectivity index (χ4v) is 3.71. The number of nitrogens with one attached hydrogen (secondary N) is 1. The lowest BCUT2D eigenvalue weighted by atomic mass is 10.3. The third kappa shape index (κ3) is 17.6. The Morgan fingerprint density at radius 2 is 0.946 bits per heavy atom. The third-order valence-electron chi connectivity index (χ3n) is 5.58. The van der Waals surface area contributed by atoms with Crippen molar-refractivity contribution in [3.63, 3.8) is 0 Å². The topological polar surface area (TPSA) is 198 Å². The van der Waals surface area contributed by atoms with Crippen LogP contribution in [0.15, 0.2) is 0 Å². The molecule has 214 valence electrons. The van der Waals surface area contributed by atoms with Crippen LogP contribution in [-0.2, 0) is 28.7 Å². The number of ether oxygens (including phenoxy) is 2. The van der Waals surface area contributed by atoms with E-state index in [0.717, 1.165) is 0 Å². The Morgan fingerprint density at radius 1 is 0.595 bits per heavy atom. The number of aliphatic carboxylic acids is 3. The molecule has 1 amide bonds. The normalized spacial score (nSPS) is 17.5. The maximum absolute atomic E-state index is 12.5. The standard InChI is InChI=1S/C22H42N6O9/c23-1-11-36-13-14-37-12-2-24-19(29)15-25-3-5-26(16-20(30)31)7-9-28(18-22(34)35)10-8-27(6-4-25)17-21(32)33/h1-18,23H2,(H,24,29)(H,30,31)(H,32,33)(H,34,35). The quantitative estimate of drug-likeness (QED) is 0.123. The minimum Gasteiger partial charge on any atom is -0.480 e. The van der Waals surface area contributed by atoms with Crippen LogP contribution in [0.3, 0.4) is 0 Å². The Hall–Kier alpha value is -2.40. The maximum atomic E-state index is 12.5. The van der Waals surface area contributed by atoms with E-state index in [2.05, 4.69) is 5.32 Å². The van der Waals surface area contributed by atoms with Gasteiger partial charge in [0.2, 0.25) is 5.91 Å². The number of hydrogen-bond donors (Lipinski definition) is 5. The molecule has 15 heteroatoms. The number of nitrogens with zero attached hydrogens (tertiary/aromatic N) is 4. The van der Waals surface area contributed by atoms with E-state index < -0.39 is 17.9 Å². The summed E-state index contributed by atoms with van der Waals surface area (Å²) in [5.74, 6) is -3.23. The lowest BCUT2D eigenvalue weighted by molar-refractivity contribution is -0.140. The van der Waals surface area contributed by atoms with Crippen molar-refractivity contribution >= 4 is 23.8 Å². The van der Waals surface area contributed by atoms with Crippen molar-refractivity contribution in [2.24, 2.45) is 5.73 Å². The molecule has 1 fully saturated rings. The molecule has 1 saturated heterocycles. The minimum absolute atomic E-state index is 0.0621. The van der Waals surface area contributed by atoms with E-state index in [4.69, 9.17) is 15.2 Å². The van der Waals surface area contributed by atoms with Gasteiger partial charge in [0, 0.05) is 65.4 Å². The second kappa shape index (κ2) is 19.7. The van der Waals surface area contributed by atoms with Crippen molar-refractivity contribution in [1.82, 2.24) is 24.9 Å². The van der Waals surface area contributed by atoms with Crippen molar-refractivity contribution in [3.05, 3.63) is 0 Å². The maximum Gasteiger partial charge on any atom is 0.317 e. The molecule has 0 aromatic rings. The SMILES string of the molecule is NCCOCCOCCNC(=O)CN1CCN(CC(=O)O)CCN(CC(=O)O)CCN(CC(=O)O)CC1. The molecule has 15 nitrogen and oxygen atoms in total. The summed E-state index contributed by atoms with van der Waals surface area (Å²) >= 11 is 0. The Balaban J connectivity index is 2.70. The Morgan fingerprint density at radius 3 is 1.30 bits per heavy atom. The monoisotopic (exact) mass is 534 g/mol. The number of carbonyl (C=O) groups excluding carboxylic acids is 1. The molecule has 1 heterocycles. The zero-order valence-corrected chi connectivity index (χ0v) is 21.4. The van der Waals surface area contributed by atoms with Crippen LogP contribution in [-0.4, -0.2) is 177 Å². The fraction of sp³-hybridized carbons (Fsp3) is 0.818. The van der Waals surface area contributed by atoms with Crippen molar-refractivity contribution in [1.29, 1.82) is 0 Å². The van der Waals surface area contributed by atoms with Gasteiger partial charge in [-0.05, 0) is 0 Å². The Kier molecular flexibility index (Phi) is 17.4. The summed E-state index contributed by atoms with van der Waals surface area (Å²) in [5.41, 5.74) is 5.33. The molecule has 37 heavy (non-hydrogen) atoms. The van der Waals surface area contributed by atoms with Gasteiger partial charge in [0.05, 0.1) is 52.6 Å². The van der Waals surface area contributed by atoms with E-state index in [9.17, 15) is 34.5 Å². The molecule has 1 rings (SSSR count). The first-order valence-corrected chi connectivity index (χ1v) is 12.4. The Labute approximate surface area is 217 Å². The summed E-state index contributed by atoms with van der Waals surface area (Å²) in [6.45, 7) is 4.54. The van der Waals surface area contributed by atoms with E-state index in [1.807, 2.05) is 4.90 Å². The van der Waals surface area contributed by atoms with Gasteiger partial charge >= 0.3 is 17.9 Å². The molecule has 0 bridgehead atoms. The summed E-state index contributed by atoms with van der Waals surface area (Å²) in [6.07, 6.45) is 0. The van der Waals surface area contributed by atoms with Gasteiger partial charge in [-0.15, -0.1) is 0 Å². The second-order valence-electron chi connectivity index (χ2n) is 8.65. The highest BCUT2D eigenvalue weighted by atomic mass is 16.5. The number of rotatable bonds is 16. The van der Waals surface area contributed by atoms with Crippen molar-refractivity contribution < 1.29 is 44.0 Å². The molecule has 0 aliphatic carbocycles. The van der Waals surface area contributed by atoms with Gasteiger partial charge in [-0.1, -0.05) is 0 Å². The Bertz CT molecular complexity index is 668. The first-order chi connectivity index (χ1) is 17.7. The van der Waals surface area contributed by atoms with Crippen LogP contribution in [0, 0.1) is 0 Å². The molecule has 0 spiro atoms. The summed E-state index contributed by atoms with van der Waals surface area (Å²) < 4.78 is 10.6. The third-order valence-corrected chi connectivity index (χ3v) is 5.58. The predicted octanol–water partition coefficient (Wildman–Crippen LogP) is -3.43. The molecule has 0 aromatic heterocycles. The number of hydrogen-bond acceptors (Lipinski definition) is 11. The molecule has 0 aromatic carbocycles. The molecular weight excluding hydrogens is 492 g/mol. The summed E-state index contributed by atoms with van der Waals surface area (Å²) in [5, 5.41) is 30.6. The van der Waals surface area contributed by atoms with Gasteiger partial charge in [0.25, 0.3) is 0 Å². The first-order valence-electron chi connectivity index (χ1n) is 12.4. The lowest BCUT2D eigenvalue weighted by Crippen LogP contribution is -2.50. The van der Waals surface area contributed by atoms with Crippen LogP contribution in [0.1, 0.15) is 0 Å². The van der Waals surface area contributed by atoms with Gasteiger partial charge in [-0.2, -0.15) is 0 Å². The van der Waals surface area contributed by atoms with E-state index >= 15 is 0 Å². The van der Waals surface area contributed by atoms with Gasteiger partial charge in [0.1, 0.15) is 0 Å². The van der Waals surface area contributed by atoms with Gasteiger partial charge < -0.3 is 35.8 Å². The highest BCUT2D eigenvalue weighted by Crippen LogP contribution is 2.01. The van der Waals surface area contributed by atoms with Crippen LogP contribution < -0.4 is 11.1 Å². The van der Waals surface area contributed by atoms with Gasteiger partial charge in [-0.25, -0.2) is 0 Å². The molecule has 0 radical (unpaired) electrons. The molecule has 1 aliphatic heterocycles. The number of carbonyl (C=O) groups is 4. The number of carboxylic acid groups (broad SMARTS) is 3. The van der Waals surface area contributed by atoms with Crippen molar-refractivity contribution in [2.75, 3.05) is 118 Å². The molecule has 0 unspecified atom stereocenters. The van der Waals surface area contributed by atoms with Crippen molar-refractivity contribution in [3.8, 4) is 0 Å². The number of nitrogens with two attached hydrogens (primary N) is 1. The van der Waals surface area contributed by atoms with Crippen molar-refractivity contribution in [2.45, 2.75) is 0 Å². The predicted molar refractivity (Wildman–Crippen MR) is 132 cm³/mol. The summed E-state index contributed by atoms with van der Waals surface area (Å²) in [6, 6.07) is 0. The molecular formula is C22H42N6O9. The average molecular weight is 535 g/mol. The van der Waals surface area contributed by atoms with Gasteiger partial charge in [0.15, 0.2) is 0 Å². The smallest absolute Gasteiger partial charge is 0.317 e.